The molecule has 0 saturated carbocycles. The molecule has 0 unspecified atom stereocenters. The molecule has 3 amide bonds. The van der Waals surface area contributed by atoms with Gasteiger partial charge in [0.15, 0.2) is 0 Å². The molecule has 0 aromatic rings. The zero-order chi connectivity index (χ0) is 11.8. The monoisotopic (exact) mass is 234 g/mol. The van der Waals surface area contributed by atoms with E-state index in [0.717, 1.165) is 12.8 Å². The van der Waals surface area contributed by atoms with Crippen molar-refractivity contribution in [2.75, 3.05) is 12.9 Å². The highest BCUT2D eigenvalue weighted by Gasteiger charge is 2.17. The molecule has 0 heterocycles. The van der Waals surface area contributed by atoms with Crippen molar-refractivity contribution < 1.29 is 9.59 Å². The van der Waals surface area contributed by atoms with E-state index in [1.165, 1.54) is 0 Å². The lowest BCUT2D eigenvalue weighted by Crippen LogP contribution is -2.45. The van der Waals surface area contributed by atoms with Crippen LogP contribution in [0.1, 0.15) is 33.1 Å². The Bertz CT molecular complexity index is 217. The van der Waals surface area contributed by atoms with Crippen LogP contribution in [0.3, 0.4) is 0 Å². The fourth-order valence-corrected chi connectivity index (χ4v) is 1.53. The van der Waals surface area contributed by atoms with E-state index in [9.17, 15) is 9.59 Å². The number of hydrogen-bond acceptors (Lipinski definition) is 2. The average molecular weight is 235 g/mol. The van der Waals surface area contributed by atoms with E-state index < -0.39 is 0 Å². The van der Waals surface area contributed by atoms with Crippen molar-refractivity contribution in [1.82, 2.24) is 10.2 Å². The summed E-state index contributed by atoms with van der Waals surface area (Å²) in [7, 11) is 1.70. The summed E-state index contributed by atoms with van der Waals surface area (Å²) in [6.45, 7) is 4.02. The Hall–Kier alpha value is -0.770. The van der Waals surface area contributed by atoms with Gasteiger partial charge in [-0.15, -0.1) is 11.6 Å². The van der Waals surface area contributed by atoms with Crippen molar-refractivity contribution >= 4 is 23.5 Å². The molecular weight excluding hydrogens is 216 g/mol. The topological polar surface area (TPSA) is 49.4 Å². The lowest BCUT2D eigenvalue weighted by Gasteiger charge is -2.25. The number of alkyl halides is 1. The summed E-state index contributed by atoms with van der Waals surface area (Å²) in [5.74, 6) is -0.0961. The molecule has 0 aliphatic heterocycles. The van der Waals surface area contributed by atoms with Crippen LogP contribution < -0.4 is 5.32 Å². The molecule has 0 aromatic carbocycles. The van der Waals surface area contributed by atoms with Crippen LogP contribution in [0.5, 0.6) is 0 Å². The molecule has 0 aliphatic carbocycles. The van der Waals surface area contributed by atoms with Gasteiger partial charge in [0.1, 0.15) is 0 Å². The Morgan fingerprint density at radius 2 is 1.87 bits per heavy atom. The van der Waals surface area contributed by atoms with Gasteiger partial charge in [-0.25, -0.2) is 4.79 Å². The molecule has 0 aromatic heterocycles. The van der Waals surface area contributed by atoms with Crippen molar-refractivity contribution in [2.45, 2.75) is 39.2 Å². The number of carbonyl (C=O) groups is 2. The van der Waals surface area contributed by atoms with Crippen molar-refractivity contribution in [3.63, 3.8) is 0 Å². The normalized spacial score (nSPS) is 10.2. The van der Waals surface area contributed by atoms with E-state index in [-0.39, 0.29) is 30.3 Å². The molecular formula is C10H19ClN2O2. The summed E-state index contributed by atoms with van der Waals surface area (Å²) in [5, 5.41) is 2.29. The Kier molecular flexibility index (Phi) is 7.13. The van der Waals surface area contributed by atoms with Gasteiger partial charge in [0.2, 0.25) is 5.91 Å². The van der Waals surface area contributed by atoms with Gasteiger partial charge < -0.3 is 4.90 Å². The molecule has 0 bridgehead atoms. The maximum absolute atomic E-state index is 11.5. The molecule has 0 fully saturated rings. The van der Waals surface area contributed by atoms with Gasteiger partial charge in [0, 0.05) is 25.4 Å². The Balaban J connectivity index is 4.13. The largest absolute Gasteiger partial charge is 0.325 e. The third kappa shape index (κ3) is 5.02. The Morgan fingerprint density at radius 3 is 2.27 bits per heavy atom. The summed E-state index contributed by atoms with van der Waals surface area (Å²) in [4.78, 5) is 24.2. The number of nitrogens with one attached hydrogen (secondary N) is 1. The van der Waals surface area contributed by atoms with Gasteiger partial charge in [-0.3, -0.25) is 10.1 Å². The zero-order valence-corrected chi connectivity index (χ0v) is 10.3. The number of carbonyl (C=O) groups excluding carboxylic acids is 2. The zero-order valence-electron chi connectivity index (χ0n) is 9.55. The summed E-state index contributed by atoms with van der Waals surface area (Å²) in [6.07, 6.45) is 1.93. The fraction of sp³-hybridized carbons (Fsp3) is 0.800. The second kappa shape index (κ2) is 7.51. The third-order valence-corrected chi connectivity index (χ3v) is 2.57. The smallest absolute Gasteiger partial charge is 0.324 e. The summed E-state index contributed by atoms with van der Waals surface area (Å²) in [5.41, 5.74) is 0. The second-order valence-corrected chi connectivity index (χ2v) is 3.75. The Labute approximate surface area is 96.0 Å². The van der Waals surface area contributed by atoms with Crippen molar-refractivity contribution in [3.05, 3.63) is 0 Å². The number of urea groups is 1. The molecule has 5 heteroatoms. The second-order valence-electron chi connectivity index (χ2n) is 3.37. The maximum atomic E-state index is 11.5. The van der Waals surface area contributed by atoms with Crippen LogP contribution in [0.2, 0.25) is 0 Å². The Morgan fingerprint density at radius 1 is 1.33 bits per heavy atom. The van der Waals surface area contributed by atoms with Crippen LogP contribution in [0, 0.1) is 0 Å². The standard InChI is InChI=1S/C10H19ClN2O2/c1-4-8(5-2)13(3)10(15)12-9(14)6-7-11/h8H,4-7H2,1-3H3,(H,12,14,15). The average Bonchev–Trinajstić information content (AvgIpc) is 2.19. The molecule has 0 rings (SSSR count). The molecule has 88 valence electrons. The minimum atomic E-state index is -0.348. The van der Waals surface area contributed by atoms with Crippen LogP contribution in [0.15, 0.2) is 0 Å². The number of halogens is 1. The first-order valence-electron chi connectivity index (χ1n) is 5.19. The molecule has 0 saturated heterocycles. The van der Waals surface area contributed by atoms with Crippen molar-refractivity contribution in [3.8, 4) is 0 Å². The van der Waals surface area contributed by atoms with Gasteiger partial charge >= 0.3 is 6.03 Å². The van der Waals surface area contributed by atoms with E-state index in [0.29, 0.717) is 0 Å². The summed E-state index contributed by atoms with van der Waals surface area (Å²) >= 11 is 5.39. The molecule has 1 N–H and O–H groups in total. The quantitative estimate of drug-likeness (QED) is 0.740. The molecule has 4 nitrogen and oxygen atoms in total. The highest BCUT2D eigenvalue weighted by Crippen LogP contribution is 2.05. The summed E-state index contributed by atoms with van der Waals surface area (Å²) < 4.78 is 0. The molecule has 0 aliphatic rings. The van der Waals surface area contributed by atoms with Crippen LogP contribution in [0.4, 0.5) is 4.79 Å². The van der Waals surface area contributed by atoms with Gasteiger partial charge in [-0.05, 0) is 12.8 Å². The van der Waals surface area contributed by atoms with Gasteiger partial charge in [-0.1, -0.05) is 13.8 Å². The predicted molar refractivity (Wildman–Crippen MR) is 61.0 cm³/mol. The van der Waals surface area contributed by atoms with Crippen molar-refractivity contribution in [1.29, 1.82) is 0 Å². The first kappa shape index (κ1) is 14.2. The predicted octanol–water partition coefficient (Wildman–Crippen LogP) is 1.97. The maximum Gasteiger partial charge on any atom is 0.324 e. The molecule has 0 atom stereocenters. The highest BCUT2D eigenvalue weighted by molar-refractivity contribution is 6.19. The third-order valence-electron chi connectivity index (χ3n) is 2.38. The van der Waals surface area contributed by atoms with Crippen LogP contribution in [0.25, 0.3) is 0 Å². The van der Waals surface area contributed by atoms with Gasteiger partial charge in [0.05, 0.1) is 0 Å². The van der Waals surface area contributed by atoms with E-state index >= 15 is 0 Å². The van der Waals surface area contributed by atoms with Crippen LogP contribution >= 0.6 is 11.6 Å². The number of amides is 3. The molecule has 0 spiro atoms. The first-order valence-corrected chi connectivity index (χ1v) is 5.72. The number of imide groups is 1. The minimum absolute atomic E-state index is 0.171. The molecule has 0 radical (unpaired) electrons. The van der Waals surface area contributed by atoms with Crippen LogP contribution in [-0.4, -0.2) is 35.8 Å². The van der Waals surface area contributed by atoms with E-state index in [2.05, 4.69) is 5.32 Å². The van der Waals surface area contributed by atoms with Crippen molar-refractivity contribution in [2.24, 2.45) is 0 Å². The van der Waals surface area contributed by atoms with Gasteiger partial charge in [-0.2, -0.15) is 0 Å². The highest BCUT2D eigenvalue weighted by atomic mass is 35.5. The number of hydrogen-bond donors (Lipinski definition) is 1. The van der Waals surface area contributed by atoms with E-state index in [1.807, 2.05) is 13.8 Å². The number of nitrogens with zero attached hydrogens (tertiary/aromatic N) is 1. The summed E-state index contributed by atoms with van der Waals surface area (Å²) in [6, 6.07) is -0.174. The SMILES string of the molecule is CCC(CC)N(C)C(=O)NC(=O)CCCl. The van der Waals surface area contributed by atoms with Gasteiger partial charge in [0.25, 0.3) is 0 Å². The fourth-order valence-electron chi connectivity index (χ4n) is 1.36. The lowest BCUT2D eigenvalue weighted by atomic mass is 10.1. The minimum Gasteiger partial charge on any atom is -0.325 e. The number of rotatable bonds is 5. The van der Waals surface area contributed by atoms with E-state index in [4.69, 9.17) is 11.6 Å². The van der Waals surface area contributed by atoms with Crippen LogP contribution in [-0.2, 0) is 4.79 Å². The lowest BCUT2D eigenvalue weighted by molar-refractivity contribution is -0.119. The molecule has 15 heavy (non-hydrogen) atoms. The van der Waals surface area contributed by atoms with E-state index in [1.54, 1.807) is 11.9 Å². The first-order chi connectivity index (χ1) is 7.06.